The number of benzene rings is 1. The van der Waals surface area contributed by atoms with E-state index in [0.29, 0.717) is 0 Å². The number of nitrogens with zero attached hydrogens (tertiary/aromatic N) is 1. The van der Waals surface area contributed by atoms with Crippen LogP contribution in [0.25, 0.3) is 0 Å². The summed E-state index contributed by atoms with van der Waals surface area (Å²) in [7, 11) is 0. The van der Waals surface area contributed by atoms with Gasteiger partial charge in [0.1, 0.15) is 12.4 Å². The normalized spacial score (nSPS) is 16.3. The molecule has 1 heterocycles. The van der Waals surface area contributed by atoms with Gasteiger partial charge in [0.15, 0.2) is 0 Å². The van der Waals surface area contributed by atoms with Gasteiger partial charge in [-0.2, -0.15) is 0 Å². The summed E-state index contributed by atoms with van der Waals surface area (Å²) in [5.41, 5.74) is 1.28. The molecule has 20 heavy (non-hydrogen) atoms. The Hall–Kier alpha value is -0.580. The molecule has 1 N–H and O–H groups in total. The van der Waals surface area contributed by atoms with Gasteiger partial charge in [-0.25, -0.2) is 0 Å². The third-order valence-electron chi connectivity index (χ3n) is 3.69. The topological polar surface area (TPSA) is 24.5 Å². The summed E-state index contributed by atoms with van der Waals surface area (Å²) in [6.45, 7) is 8.27. The average molecular weight is 341 g/mol. The first-order valence-electron chi connectivity index (χ1n) is 7.64. The SMILES string of the molecule is CCNCc1ccc(OCCN2CCCCC2)c(Br)c1. The number of likely N-dealkylation sites (tertiary alicyclic amines) is 1. The molecule has 1 aromatic carbocycles. The van der Waals surface area contributed by atoms with Gasteiger partial charge in [-0.1, -0.05) is 19.4 Å². The standard InChI is InChI=1S/C16H25BrN2O/c1-2-18-13-14-6-7-16(15(17)12-14)20-11-10-19-8-4-3-5-9-19/h6-7,12,18H,2-5,8-11,13H2,1H3. The van der Waals surface area contributed by atoms with Crippen LogP contribution < -0.4 is 10.1 Å². The van der Waals surface area contributed by atoms with Crippen molar-refractivity contribution in [3.8, 4) is 5.75 Å². The summed E-state index contributed by atoms with van der Waals surface area (Å²) in [6.07, 6.45) is 4.06. The summed E-state index contributed by atoms with van der Waals surface area (Å²) in [6, 6.07) is 6.33. The predicted molar refractivity (Wildman–Crippen MR) is 87.3 cm³/mol. The van der Waals surface area contributed by atoms with Crippen molar-refractivity contribution in [2.45, 2.75) is 32.7 Å². The molecule has 1 fully saturated rings. The third kappa shape index (κ3) is 5.08. The number of nitrogens with one attached hydrogen (secondary N) is 1. The highest BCUT2D eigenvalue weighted by atomic mass is 79.9. The van der Waals surface area contributed by atoms with Crippen molar-refractivity contribution < 1.29 is 4.74 Å². The fourth-order valence-corrected chi connectivity index (χ4v) is 3.05. The number of rotatable bonds is 7. The Morgan fingerprint density at radius 3 is 2.75 bits per heavy atom. The Balaban J connectivity index is 1.77. The van der Waals surface area contributed by atoms with E-state index >= 15 is 0 Å². The summed E-state index contributed by atoms with van der Waals surface area (Å²) >= 11 is 3.60. The number of hydrogen-bond acceptors (Lipinski definition) is 3. The van der Waals surface area contributed by atoms with Crippen molar-refractivity contribution >= 4 is 15.9 Å². The smallest absolute Gasteiger partial charge is 0.133 e. The molecule has 0 aliphatic carbocycles. The zero-order valence-electron chi connectivity index (χ0n) is 12.3. The van der Waals surface area contributed by atoms with Crippen LogP contribution in [0, 0.1) is 0 Å². The Bertz CT molecular complexity index is 405. The molecule has 0 radical (unpaired) electrons. The average Bonchev–Trinajstić information content (AvgIpc) is 2.48. The summed E-state index contributed by atoms with van der Waals surface area (Å²) in [4.78, 5) is 2.50. The van der Waals surface area contributed by atoms with Crippen LogP contribution in [-0.4, -0.2) is 37.7 Å². The first kappa shape index (κ1) is 15.8. The van der Waals surface area contributed by atoms with Gasteiger partial charge in [-0.15, -0.1) is 0 Å². The van der Waals surface area contributed by atoms with Crippen LogP contribution in [0.1, 0.15) is 31.7 Å². The molecule has 3 nitrogen and oxygen atoms in total. The summed E-state index contributed by atoms with van der Waals surface area (Å²) in [5.74, 6) is 0.947. The van der Waals surface area contributed by atoms with Crippen molar-refractivity contribution in [3.05, 3.63) is 28.2 Å². The lowest BCUT2D eigenvalue weighted by molar-refractivity contribution is 0.183. The molecule has 1 aliphatic rings. The molecule has 0 atom stereocenters. The molecular formula is C16H25BrN2O. The fraction of sp³-hybridized carbons (Fsp3) is 0.625. The predicted octanol–water partition coefficient (Wildman–Crippen LogP) is 3.42. The van der Waals surface area contributed by atoms with Crippen LogP contribution in [-0.2, 0) is 6.54 Å². The third-order valence-corrected chi connectivity index (χ3v) is 4.31. The van der Waals surface area contributed by atoms with E-state index in [0.717, 1.165) is 36.5 Å². The molecule has 1 saturated heterocycles. The minimum Gasteiger partial charge on any atom is -0.491 e. The zero-order chi connectivity index (χ0) is 14.2. The Kier molecular flexibility index (Phi) is 6.83. The number of ether oxygens (including phenoxy) is 1. The van der Waals surface area contributed by atoms with Crippen molar-refractivity contribution in [2.75, 3.05) is 32.8 Å². The van der Waals surface area contributed by atoms with Gasteiger partial charge in [0.05, 0.1) is 4.47 Å². The molecule has 2 rings (SSSR count). The van der Waals surface area contributed by atoms with Crippen LogP contribution >= 0.6 is 15.9 Å². The van der Waals surface area contributed by atoms with Gasteiger partial charge < -0.3 is 10.1 Å². The van der Waals surface area contributed by atoms with E-state index in [1.807, 2.05) is 0 Å². The number of halogens is 1. The maximum absolute atomic E-state index is 5.89. The maximum Gasteiger partial charge on any atom is 0.133 e. The quantitative estimate of drug-likeness (QED) is 0.822. The van der Waals surface area contributed by atoms with Crippen LogP contribution in [0.15, 0.2) is 22.7 Å². The summed E-state index contributed by atoms with van der Waals surface area (Å²) < 4.78 is 6.94. The first-order valence-corrected chi connectivity index (χ1v) is 8.43. The van der Waals surface area contributed by atoms with Crippen molar-refractivity contribution in [1.82, 2.24) is 10.2 Å². The molecule has 0 amide bonds. The van der Waals surface area contributed by atoms with Crippen LogP contribution in [0.3, 0.4) is 0 Å². The van der Waals surface area contributed by atoms with Gasteiger partial charge in [-0.05, 0) is 66.1 Å². The largest absolute Gasteiger partial charge is 0.491 e. The van der Waals surface area contributed by atoms with E-state index in [4.69, 9.17) is 4.74 Å². The highest BCUT2D eigenvalue weighted by Gasteiger charge is 2.10. The summed E-state index contributed by atoms with van der Waals surface area (Å²) in [5, 5.41) is 3.33. The second-order valence-corrected chi connectivity index (χ2v) is 6.15. The second kappa shape index (κ2) is 8.65. The van der Waals surface area contributed by atoms with Gasteiger partial charge >= 0.3 is 0 Å². The minimum atomic E-state index is 0.769. The molecule has 0 unspecified atom stereocenters. The van der Waals surface area contributed by atoms with E-state index in [1.165, 1.54) is 37.9 Å². The van der Waals surface area contributed by atoms with Gasteiger partial charge in [-0.3, -0.25) is 4.90 Å². The Labute approximate surface area is 130 Å². The minimum absolute atomic E-state index is 0.769. The first-order chi connectivity index (χ1) is 9.79. The lowest BCUT2D eigenvalue weighted by atomic mass is 10.1. The lowest BCUT2D eigenvalue weighted by Crippen LogP contribution is -2.33. The van der Waals surface area contributed by atoms with E-state index in [9.17, 15) is 0 Å². The Morgan fingerprint density at radius 1 is 1.25 bits per heavy atom. The van der Waals surface area contributed by atoms with Crippen LogP contribution in [0.4, 0.5) is 0 Å². The Morgan fingerprint density at radius 2 is 2.05 bits per heavy atom. The van der Waals surface area contributed by atoms with Gasteiger partial charge in [0, 0.05) is 13.1 Å². The molecule has 0 saturated carbocycles. The number of hydrogen-bond donors (Lipinski definition) is 1. The molecule has 0 bridgehead atoms. The zero-order valence-corrected chi connectivity index (χ0v) is 13.9. The lowest BCUT2D eigenvalue weighted by Gasteiger charge is -2.26. The monoisotopic (exact) mass is 340 g/mol. The molecule has 0 aromatic heterocycles. The van der Waals surface area contributed by atoms with Crippen molar-refractivity contribution in [2.24, 2.45) is 0 Å². The number of piperidine rings is 1. The van der Waals surface area contributed by atoms with Crippen LogP contribution in [0.2, 0.25) is 0 Å². The second-order valence-electron chi connectivity index (χ2n) is 5.30. The molecule has 1 aromatic rings. The highest BCUT2D eigenvalue weighted by Crippen LogP contribution is 2.26. The van der Waals surface area contributed by atoms with Crippen LogP contribution in [0.5, 0.6) is 5.75 Å². The van der Waals surface area contributed by atoms with E-state index in [-0.39, 0.29) is 0 Å². The molecule has 4 heteroatoms. The fourth-order valence-electron chi connectivity index (χ4n) is 2.51. The molecule has 1 aliphatic heterocycles. The molecule has 112 valence electrons. The molecular weight excluding hydrogens is 316 g/mol. The van der Waals surface area contributed by atoms with E-state index < -0.39 is 0 Å². The van der Waals surface area contributed by atoms with Crippen molar-refractivity contribution in [1.29, 1.82) is 0 Å². The maximum atomic E-state index is 5.89. The van der Waals surface area contributed by atoms with Gasteiger partial charge in [0.2, 0.25) is 0 Å². The van der Waals surface area contributed by atoms with Gasteiger partial charge in [0.25, 0.3) is 0 Å². The highest BCUT2D eigenvalue weighted by molar-refractivity contribution is 9.10. The van der Waals surface area contributed by atoms with E-state index in [2.05, 4.69) is 51.3 Å². The van der Waals surface area contributed by atoms with E-state index in [1.54, 1.807) is 0 Å². The van der Waals surface area contributed by atoms with Crippen molar-refractivity contribution in [3.63, 3.8) is 0 Å². The molecule has 0 spiro atoms.